The lowest BCUT2D eigenvalue weighted by Gasteiger charge is -2.11. The average Bonchev–Trinajstić information content (AvgIpc) is 2.59. The summed E-state index contributed by atoms with van der Waals surface area (Å²) in [7, 11) is 1.54. The fraction of sp³-hybridized carbons (Fsp3) is 0.222. The molecule has 0 bridgehead atoms. The standard InChI is InChI=1S/C18H19BrN2O3S/c1-12-3-8-16(24-2)15(9-12)21-17(22)10-20-18(23)11-25-14-6-4-13(19)5-7-14/h3-9H,10-11H2,1-2H3,(H,20,23)(H,21,22). The smallest absolute Gasteiger partial charge is 0.243 e. The summed E-state index contributed by atoms with van der Waals surface area (Å²) >= 11 is 4.78. The van der Waals surface area contributed by atoms with Crippen molar-refractivity contribution in [3.63, 3.8) is 0 Å². The molecule has 0 aliphatic heterocycles. The number of methoxy groups -OCH3 is 1. The van der Waals surface area contributed by atoms with Gasteiger partial charge in [-0.15, -0.1) is 11.8 Å². The molecule has 0 atom stereocenters. The Hall–Kier alpha value is -1.99. The Bertz CT molecular complexity index is 750. The summed E-state index contributed by atoms with van der Waals surface area (Å²) in [6, 6.07) is 13.2. The molecule has 0 fully saturated rings. The topological polar surface area (TPSA) is 67.4 Å². The van der Waals surface area contributed by atoms with Gasteiger partial charge in [-0.05, 0) is 48.9 Å². The molecular formula is C18H19BrN2O3S. The maximum atomic E-state index is 12.0. The van der Waals surface area contributed by atoms with Crippen molar-refractivity contribution in [2.75, 3.05) is 24.7 Å². The van der Waals surface area contributed by atoms with E-state index in [0.717, 1.165) is 14.9 Å². The Labute approximate surface area is 159 Å². The number of carbonyl (C=O) groups excluding carboxylic acids is 2. The summed E-state index contributed by atoms with van der Waals surface area (Å²) in [6.45, 7) is 1.84. The first kappa shape index (κ1) is 19.3. The summed E-state index contributed by atoms with van der Waals surface area (Å²) in [4.78, 5) is 24.9. The molecule has 0 aliphatic carbocycles. The Morgan fingerprint density at radius 3 is 2.52 bits per heavy atom. The van der Waals surface area contributed by atoms with E-state index in [4.69, 9.17) is 4.74 Å². The van der Waals surface area contributed by atoms with Gasteiger partial charge in [-0.2, -0.15) is 0 Å². The van der Waals surface area contributed by atoms with Crippen LogP contribution in [0.2, 0.25) is 0 Å². The molecule has 7 heteroatoms. The molecule has 0 saturated carbocycles. The molecule has 2 N–H and O–H groups in total. The van der Waals surface area contributed by atoms with Crippen LogP contribution >= 0.6 is 27.7 Å². The first-order chi connectivity index (χ1) is 12.0. The van der Waals surface area contributed by atoms with Crippen molar-refractivity contribution in [3.05, 3.63) is 52.5 Å². The van der Waals surface area contributed by atoms with Gasteiger partial charge in [0, 0.05) is 9.37 Å². The van der Waals surface area contributed by atoms with Crippen LogP contribution in [0.4, 0.5) is 5.69 Å². The number of hydrogen-bond donors (Lipinski definition) is 2. The molecule has 132 valence electrons. The summed E-state index contributed by atoms with van der Waals surface area (Å²) in [5, 5.41) is 5.36. The number of carbonyl (C=O) groups is 2. The maximum Gasteiger partial charge on any atom is 0.243 e. The zero-order valence-corrected chi connectivity index (χ0v) is 16.4. The highest BCUT2D eigenvalue weighted by Gasteiger charge is 2.10. The Morgan fingerprint density at radius 2 is 1.84 bits per heavy atom. The molecule has 0 heterocycles. The third kappa shape index (κ3) is 6.43. The number of anilines is 1. The number of benzene rings is 2. The first-order valence-electron chi connectivity index (χ1n) is 7.57. The SMILES string of the molecule is COc1ccc(C)cc1NC(=O)CNC(=O)CSc1ccc(Br)cc1. The van der Waals surface area contributed by atoms with E-state index in [9.17, 15) is 9.59 Å². The zero-order chi connectivity index (χ0) is 18.2. The molecular weight excluding hydrogens is 404 g/mol. The van der Waals surface area contributed by atoms with Crippen molar-refractivity contribution >= 4 is 45.2 Å². The predicted octanol–water partition coefficient (Wildman–Crippen LogP) is 3.61. The van der Waals surface area contributed by atoms with Gasteiger partial charge in [0.2, 0.25) is 11.8 Å². The fourth-order valence-electron chi connectivity index (χ4n) is 2.02. The minimum atomic E-state index is -0.300. The fourth-order valence-corrected chi connectivity index (χ4v) is 3.02. The second kappa shape index (κ2) is 9.48. The summed E-state index contributed by atoms with van der Waals surface area (Å²) in [6.07, 6.45) is 0. The van der Waals surface area contributed by atoms with Gasteiger partial charge in [-0.25, -0.2) is 0 Å². The highest BCUT2D eigenvalue weighted by molar-refractivity contribution is 9.10. The van der Waals surface area contributed by atoms with Crippen molar-refractivity contribution in [2.24, 2.45) is 0 Å². The Morgan fingerprint density at radius 1 is 1.12 bits per heavy atom. The zero-order valence-electron chi connectivity index (χ0n) is 14.0. The number of aryl methyl sites for hydroxylation is 1. The van der Waals surface area contributed by atoms with Crippen molar-refractivity contribution in [3.8, 4) is 5.75 Å². The van der Waals surface area contributed by atoms with Crippen molar-refractivity contribution < 1.29 is 14.3 Å². The summed E-state index contributed by atoms with van der Waals surface area (Å²) in [5.41, 5.74) is 1.59. The van der Waals surface area contributed by atoms with E-state index in [1.54, 1.807) is 13.2 Å². The summed E-state index contributed by atoms with van der Waals surface area (Å²) < 4.78 is 6.20. The third-order valence-electron chi connectivity index (χ3n) is 3.26. The Kier molecular flexibility index (Phi) is 7.33. The van der Waals surface area contributed by atoms with Crippen LogP contribution in [0.25, 0.3) is 0 Å². The van der Waals surface area contributed by atoms with Crippen LogP contribution in [-0.4, -0.2) is 31.2 Å². The van der Waals surface area contributed by atoms with E-state index in [1.807, 2.05) is 43.3 Å². The molecule has 5 nitrogen and oxygen atoms in total. The van der Waals surface area contributed by atoms with Gasteiger partial charge in [-0.1, -0.05) is 22.0 Å². The van der Waals surface area contributed by atoms with Gasteiger partial charge < -0.3 is 15.4 Å². The van der Waals surface area contributed by atoms with Crippen LogP contribution in [-0.2, 0) is 9.59 Å². The van der Waals surface area contributed by atoms with E-state index < -0.39 is 0 Å². The highest BCUT2D eigenvalue weighted by Crippen LogP contribution is 2.25. The van der Waals surface area contributed by atoms with Crippen LogP contribution in [0.15, 0.2) is 51.8 Å². The second-order valence-electron chi connectivity index (χ2n) is 5.27. The lowest BCUT2D eigenvalue weighted by molar-refractivity contribution is -0.122. The summed E-state index contributed by atoms with van der Waals surface area (Å²) in [5.74, 6) is 0.337. The number of amides is 2. The van der Waals surface area contributed by atoms with Gasteiger partial charge in [-0.3, -0.25) is 9.59 Å². The van der Waals surface area contributed by atoms with Crippen molar-refractivity contribution in [1.29, 1.82) is 0 Å². The molecule has 0 aromatic heterocycles. The molecule has 2 amide bonds. The largest absolute Gasteiger partial charge is 0.495 e. The molecule has 0 aliphatic rings. The van der Waals surface area contributed by atoms with Gasteiger partial charge >= 0.3 is 0 Å². The van der Waals surface area contributed by atoms with Gasteiger partial charge in [0.05, 0.1) is 25.1 Å². The second-order valence-corrected chi connectivity index (χ2v) is 7.24. The van der Waals surface area contributed by atoms with Gasteiger partial charge in [0.15, 0.2) is 0 Å². The maximum absolute atomic E-state index is 12.0. The molecule has 2 aromatic rings. The number of hydrogen-bond acceptors (Lipinski definition) is 4. The van der Waals surface area contributed by atoms with Gasteiger partial charge in [0.25, 0.3) is 0 Å². The predicted molar refractivity (Wildman–Crippen MR) is 104 cm³/mol. The number of ether oxygens (including phenoxy) is 1. The van der Waals surface area contributed by atoms with Crippen LogP contribution < -0.4 is 15.4 Å². The molecule has 25 heavy (non-hydrogen) atoms. The third-order valence-corrected chi connectivity index (χ3v) is 4.80. The van der Waals surface area contributed by atoms with E-state index in [0.29, 0.717) is 11.4 Å². The lowest BCUT2D eigenvalue weighted by atomic mass is 10.2. The van der Waals surface area contributed by atoms with Gasteiger partial charge in [0.1, 0.15) is 5.75 Å². The number of nitrogens with one attached hydrogen (secondary N) is 2. The highest BCUT2D eigenvalue weighted by atomic mass is 79.9. The normalized spacial score (nSPS) is 10.2. The van der Waals surface area contributed by atoms with E-state index in [1.165, 1.54) is 11.8 Å². The monoisotopic (exact) mass is 422 g/mol. The van der Waals surface area contributed by atoms with E-state index in [-0.39, 0.29) is 24.1 Å². The Balaban J connectivity index is 1.78. The minimum Gasteiger partial charge on any atom is -0.495 e. The molecule has 0 saturated heterocycles. The molecule has 0 spiro atoms. The van der Waals surface area contributed by atoms with E-state index in [2.05, 4.69) is 26.6 Å². The van der Waals surface area contributed by atoms with Crippen LogP contribution in [0, 0.1) is 6.92 Å². The molecule has 2 rings (SSSR count). The lowest BCUT2D eigenvalue weighted by Crippen LogP contribution is -2.33. The quantitative estimate of drug-likeness (QED) is 0.668. The first-order valence-corrected chi connectivity index (χ1v) is 9.35. The van der Waals surface area contributed by atoms with Crippen molar-refractivity contribution in [1.82, 2.24) is 5.32 Å². The van der Waals surface area contributed by atoms with Crippen LogP contribution in [0.1, 0.15) is 5.56 Å². The molecule has 0 unspecified atom stereocenters. The average molecular weight is 423 g/mol. The minimum absolute atomic E-state index is 0.0865. The van der Waals surface area contributed by atoms with Crippen LogP contribution in [0.3, 0.4) is 0 Å². The molecule has 0 radical (unpaired) electrons. The number of halogens is 1. The molecule has 2 aromatic carbocycles. The number of rotatable bonds is 7. The van der Waals surface area contributed by atoms with E-state index >= 15 is 0 Å². The van der Waals surface area contributed by atoms with Crippen LogP contribution in [0.5, 0.6) is 5.75 Å². The van der Waals surface area contributed by atoms with Crippen molar-refractivity contribution in [2.45, 2.75) is 11.8 Å². The number of thioether (sulfide) groups is 1.